The molecule has 0 bridgehead atoms. The van der Waals surface area contributed by atoms with E-state index in [1.165, 1.54) is 0 Å². The molecule has 19 heavy (non-hydrogen) atoms. The first-order valence-corrected chi connectivity index (χ1v) is 6.15. The quantitative estimate of drug-likeness (QED) is 0.909. The third kappa shape index (κ3) is 2.47. The summed E-state index contributed by atoms with van der Waals surface area (Å²) in [6.07, 6.45) is 1.59. The fraction of sp³-hybridized carbons (Fsp3) is 0.385. The van der Waals surface area contributed by atoms with Gasteiger partial charge in [-0.3, -0.25) is 9.48 Å². The number of carbonyl (C=O) groups excluding carboxylic acids is 1. The van der Waals surface area contributed by atoms with Crippen molar-refractivity contribution in [2.24, 2.45) is 0 Å². The van der Waals surface area contributed by atoms with Crippen LogP contribution in [0.3, 0.4) is 0 Å². The van der Waals surface area contributed by atoms with Crippen molar-refractivity contribution in [3.63, 3.8) is 0 Å². The van der Waals surface area contributed by atoms with Gasteiger partial charge >= 0.3 is 0 Å². The number of carbonyl (C=O) groups is 1. The van der Waals surface area contributed by atoms with Gasteiger partial charge < -0.3 is 15.1 Å². The number of aromatic nitrogens is 2. The van der Waals surface area contributed by atoms with Crippen molar-refractivity contribution in [2.75, 3.05) is 12.8 Å². The van der Waals surface area contributed by atoms with E-state index in [1.54, 1.807) is 35.9 Å². The highest BCUT2D eigenvalue weighted by Crippen LogP contribution is 2.19. The maximum Gasteiger partial charge on any atom is 0.274 e. The molecule has 2 aromatic heterocycles. The number of nitrogens with two attached hydrogens (primary N) is 1. The van der Waals surface area contributed by atoms with Gasteiger partial charge in [0.15, 0.2) is 0 Å². The molecule has 0 fully saturated rings. The fourth-order valence-corrected chi connectivity index (χ4v) is 1.94. The van der Waals surface area contributed by atoms with Crippen LogP contribution in [0.4, 0.5) is 5.69 Å². The minimum atomic E-state index is -0.156. The molecule has 0 unspecified atom stereocenters. The first-order valence-electron chi connectivity index (χ1n) is 6.15. The fourth-order valence-electron chi connectivity index (χ4n) is 1.94. The van der Waals surface area contributed by atoms with Crippen molar-refractivity contribution >= 4 is 11.6 Å². The van der Waals surface area contributed by atoms with Crippen LogP contribution in [0.1, 0.15) is 28.9 Å². The smallest absolute Gasteiger partial charge is 0.274 e. The molecule has 0 aliphatic rings. The van der Waals surface area contributed by atoms with E-state index in [0.717, 1.165) is 5.76 Å². The molecule has 0 saturated heterocycles. The topological polar surface area (TPSA) is 77.3 Å². The average molecular weight is 262 g/mol. The Morgan fingerprint density at radius 1 is 1.58 bits per heavy atom. The minimum absolute atomic E-state index is 0.156. The maximum atomic E-state index is 12.4. The summed E-state index contributed by atoms with van der Waals surface area (Å²) < 4.78 is 6.87. The van der Waals surface area contributed by atoms with Gasteiger partial charge in [-0.05, 0) is 26.0 Å². The number of hydrogen-bond donors (Lipinski definition) is 1. The highest BCUT2D eigenvalue weighted by atomic mass is 16.3. The van der Waals surface area contributed by atoms with Crippen molar-refractivity contribution in [2.45, 2.75) is 26.9 Å². The lowest BCUT2D eigenvalue weighted by Crippen LogP contribution is -2.29. The molecule has 2 aromatic rings. The highest BCUT2D eigenvalue weighted by molar-refractivity contribution is 5.97. The van der Waals surface area contributed by atoms with Gasteiger partial charge in [-0.15, -0.1) is 0 Å². The van der Waals surface area contributed by atoms with Gasteiger partial charge in [0.1, 0.15) is 11.5 Å². The van der Waals surface area contributed by atoms with Crippen LogP contribution in [0, 0.1) is 6.92 Å². The Bertz CT molecular complexity index is 572. The summed E-state index contributed by atoms with van der Waals surface area (Å²) in [5.74, 6) is 0.574. The monoisotopic (exact) mass is 262 g/mol. The van der Waals surface area contributed by atoms with Crippen molar-refractivity contribution in [1.82, 2.24) is 14.7 Å². The Morgan fingerprint density at radius 2 is 2.32 bits per heavy atom. The molecule has 2 heterocycles. The van der Waals surface area contributed by atoms with E-state index < -0.39 is 0 Å². The Balaban J connectivity index is 2.24. The standard InChI is InChI=1S/C13H18N4O2/c1-4-17-12(11(14)9(2)15-17)13(18)16(3)8-10-6-5-7-19-10/h5-7H,4,8,14H2,1-3H3. The van der Waals surface area contributed by atoms with Gasteiger partial charge in [0, 0.05) is 13.6 Å². The van der Waals surface area contributed by atoms with Crippen LogP contribution in [0.2, 0.25) is 0 Å². The molecule has 102 valence electrons. The van der Waals surface area contributed by atoms with Crippen molar-refractivity contribution in [3.8, 4) is 0 Å². The van der Waals surface area contributed by atoms with E-state index >= 15 is 0 Å². The first-order chi connectivity index (χ1) is 9.04. The summed E-state index contributed by atoms with van der Waals surface area (Å²) >= 11 is 0. The van der Waals surface area contributed by atoms with E-state index in [4.69, 9.17) is 10.2 Å². The zero-order valence-corrected chi connectivity index (χ0v) is 11.4. The largest absolute Gasteiger partial charge is 0.467 e. The van der Waals surface area contributed by atoms with Gasteiger partial charge in [-0.1, -0.05) is 0 Å². The highest BCUT2D eigenvalue weighted by Gasteiger charge is 2.22. The summed E-state index contributed by atoms with van der Waals surface area (Å²) in [5, 5.41) is 4.25. The molecular formula is C13H18N4O2. The zero-order valence-electron chi connectivity index (χ0n) is 11.4. The number of rotatable bonds is 4. The number of furan rings is 1. The SMILES string of the molecule is CCn1nc(C)c(N)c1C(=O)N(C)Cc1ccco1. The van der Waals surface area contributed by atoms with Gasteiger partial charge in [0.05, 0.1) is 24.2 Å². The molecule has 2 rings (SSSR count). The average Bonchev–Trinajstić information content (AvgIpc) is 2.98. The van der Waals surface area contributed by atoms with Gasteiger partial charge in [0.2, 0.25) is 0 Å². The molecular weight excluding hydrogens is 244 g/mol. The van der Waals surface area contributed by atoms with Crippen LogP contribution in [-0.4, -0.2) is 27.6 Å². The molecule has 2 N–H and O–H groups in total. The number of hydrogen-bond acceptors (Lipinski definition) is 4. The predicted molar refractivity (Wildman–Crippen MR) is 71.6 cm³/mol. The summed E-state index contributed by atoms with van der Waals surface area (Å²) in [7, 11) is 1.71. The number of amides is 1. The number of nitrogens with zero attached hydrogens (tertiary/aromatic N) is 3. The number of anilines is 1. The lowest BCUT2D eigenvalue weighted by molar-refractivity contribution is 0.0764. The molecule has 0 saturated carbocycles. The van der Waals surface area contributed by atoms with Gasteiger partial charge in [-0.2, -0.15) is 5.10 Å². The molecule has 0 aromatic carbocycles. The molecule has 6 heteroatoms. The summed E-state index contributed by atoms with van der Waals surface area (Å²) in [5.41, 5.74) is 7.50. The third-order valence-electron chi connectivity index (χ3n) is 3.00. The Hall–Kier alpha value is -2.24. The second-order valence-electron chi connectivity index (χ2n) is 4.40. The van der Waals surface area contributed by atoms with E-state index in [1.807, 2.05) is 13.0 Å². The van der Waals surface area contributed by atoms with Crippen molar-refractivity contribution in [1.29, 1.82) is 0 Å². The maximum absolute atomic E-state index is 12.4. The van der Waals surface area contributed by atoms with E-state index in [0.29, 0.717) is 30.2 Å². The minimum Gasteiger partial charge on any atom is -0.467 e. The van der Waals surface area contributed by atoms with E-state index in [2.05, 4.69) is 5.10 Å². The predicted octanol–water partition coefficient (Wildman–Crippen LogP) is 1.66. The first kappa shape index (κ1) is 13.2. The number of aryl methyl sites for hydroxylation is 2. The van der Waals surface area contributed by atoms with Crippen LogP contribution in [0.5, 0.6) is 0 Å². The lowest BCUT2D eigenvalue weighted by atomic mass is 10.2. The number of nitrogen functional groups attached to an aromatic ring is 1. The van der Waals surface area contributed by atoms with E-state index in [-0.39, 0.29) is 5.91 Å². The van der Waals surface area contributed by atoms with Crippen molar-refractivity contribution < 1.29 is 9.21 Å². The molecule has 0 atom stereocenters. The second kappa shape index (κ2) is 5.17. The van der Waals surface area contributed by atoms with Gasteiger partial charge in [0.25, 0.3) is 5.91 Å². The third-order valence-corrected chi connectivity index (χ3v) is 3.00. The molecule has 0 radical (unpaired) electrons. The van der Waals surface area contributed by atoms with Crippen LogP contribution in [-0.2, 0) is 13.1 Å². The normalized spacial score (nSPS) is 10.7. The van der Waals surface area contributed by atoms with E-state index in [9.17, 15) is 4.79 Å². The van der Waals surface area contributed by atoms with Crippen LogP contribution < -0.4 is 5.73 Å². The van der Waals surface area contributed by atoms with Crippen LogP contribution >= 0.6 is 0 Å². The van der Waals surface area contributed by atoms with Crippen LogP contribution in [0.15, 0.2) is 22.8 Å². The summed E-state index contributed by atoms with van der Waals surface area (Å²) in [6.45, 7) is 4.73. The molecule has 1 amide bonds. The summed E-state index contributed by atoms with van der Waals surface area (Å²) in [4.78, 5) is 14.0. The molecule has 6 nitrogen and oxygen atoms in total. The lowest BCUT2D eigenvalue weighted by Gasteiger charge is -2.16. The molecule has 0 aliphatic heterocycles. The Labute approximate surface area is 111 Å². The van der Waals surface area contributed by atoms with Crippen molar-refractivity contribution in [3.05, 3.63) is 35.5 Å². The summed E-state index contributed by atoms with van der Waals surface area (Å²) in [6, 6.07) is 3.62. The van der Waals surface area contributed by atoms with Gasteiger partial charge in [-0.25, -0.2) is 0 Å². The Kier molecular flexibility index (Phi) is 3.59. The second-order valence-corrected chi connectivity index (χ2v) is 4.40. The van der Waals surface area contributed by atoms with Crippen LogP contribution in [0.25, 0.3) is 0 Å². The molecule has 0 aliphatic carbocycles. The Morgan fingerprint density at radius 3 is 2.89 bits per heavy atom. The molecule has 0 spiro atoms. The zero-order chi connectivity index (χ0) is 14.0.